The van der Waals surface area contributed by atoms with Crippen molar-refractivity contribution in [2.75, 3.05) is 13.6 Å². The first-order valence-electron chi connectivity index (χ1n) is 6.01. The van der Waals surface area contributed by atoms with E-state index in [0.717, 1.165) is 16.3 Å². The van der Waals surface area contributed by atoms with Crippen molar-refractivity contribution >= 4 is 20.8 Å². The Labute approximate surface area is 114 Å². The number of hydrogen-bond acceptors (Lipinski definition) is 2. The molecule has 100 valence electrons. The van der Waals surface area contributed by atoms with Crippen molar-refractivity contribution in [3.8, 4) is 0 Å². The Kier molecular flexibility index (Phi) is 3.73. The molecule has 2 rings (SSSR count). The van der Waals surface area contributed by atoms with E-state index < -0.39 is 10.0 Å². The van der Waals surface area contributed by atoms with Gasteiger partial charge in [0.25, 0.3) is 0 Å². The van der Waals surface area contributed by atoms with Crippen LogP contribution in [0.4, 0.5) is 0 Å². The van der Waals surface area contributed by atoms with Crippen LogP contribution in [0.2, 0.25) is 0 Å². The molecule has 0 aromatic heterocycles. The molecule has 2 aromatic carbocycles. The lowest BCUT2D eigenvalue weighted by atomic mass is 10.1. The van der Waals surface area contributed by atoms with Gasteiger partial charge in [0.15, 0.2) is 0 Å². The topological polar surface area (TPSA) is 37.4 Å². The summed E-state index contributed by atoms with van der Waals surface area (Å²) in [5.74, 6) is 0. The van der Waals surface area contributed by atoms with E-state index in [4.69, 9.17) is 0 Å². The van der Waals surface area contributed by atoms with E-state index in [1.165, 1.54) is 4.31 Å². The van der Waals surface area contributed by atoms with Crippen LogP contribution >= 0.6 is 0 Å². The summed E-state index contributed by atoms with van der Waals surface area (Å²) in [4.78, 5) is 0.342. The lowest BCUT2D eigenvalue weighted by Crippen LogP contribution is -2.28. The zero-order valence-electron chi connectivity index (χ0n) is 11.1. The first-order valence-corrected chi connectivity index (χ1v) is 7.45. The Bertz CT molecular complexity index is 715. The summed E-state index contributed by atoms with van der Waals surface area (Å²) in [5.41, 5.74) is 0.811. The van der Waals surface area contributed by atoms with E-state index in [2.05, 4.69) is 6.58 Å². The molecule has 0 aliphatic rings. The van der Waals surface area contributed by atoms with Gasteiger partial charge in [0.2, 0.25) is 10.0 Å². The highest BCUT2D eigenvalue weighted by Gasteiger charge is 2.22. The number of hydrogen-bond donors (Lipinski definition) is 0. The molecule has 0 atom stereocenters. The lowest BCUT2D eigenvalue weighted by Gasteiger charge is -2.18. The van der Waals surface area contributed by atoms with Gasteiger partial charge in [-0.1, -0.05) is 48.6 Å². The Balaban J connectivity index is 2.58. The molecule has 2 aromatic rings. The van der Waals surface area contributed by atoms with Crippen molar-refractivity contribution in [3.63, 3.8) is 0 Å². The molecular formula is C15H17NO2S. The van der Waals surface area contributed by atoms with Crippen LogP contribution < -0.4 is 0 Å². The van der Waals surface area contributed by atoms with Crippen LogP contribution in [0.25, 0.3) is 10.8 Å². The smallest absolute Gasteiger partial charge is 0.207 e. The first-order chi connectivity index (χ1) is 8.93. The molecule has 0 saturated carbocycles. The number of likely N-dealkylation sites (N-methyl/N-ethyl adjacent to an activating group) is 1. The van der Waals surface area contributed by atoms with Crippen LogP contribution in [0, 0.1) is 0 Å². The van der Waals surface area contributed by atoms with Gasteiger partial charge in [-0.3, -0.25) is 0 Å². The van der Waals surface area contributed by atoms with E-state index in [1.807, 2.05) is 37.3 Å². The molecule has 0 aliphatic heterocycles. The molecule has 19 heavy (non-hydrogen) atoms. The standard InChI is InChI=1S/C15H17NO2S/c1-12(2)11-16(3)19(17,18)15-10-6-8-13-7-4-5-9-14(13)15/h4-10H,1,11H2,2-3H3. The maximum Gasteiger partial charge on any atom is 0.243 e. The molecule has 0 unspecified atom stereocenters. The highest BCUT2D eigenvalue weighted by Crippen LogP contribution is 2.25. The second-order valence-corrected chi connectivity index (χ2v) is 6.71. The summed E-state index contributed by atoms with van der Waals surface area (Å²) in [6, 6.07) is 12.8. The molecular weight excluding hydrogens is 258 g/mol. The number of nitrogens with zero attached hydrogens (tertiary/aromatic N) is 1. The minimum atomic E-state index is -3.49. The molecule has 0 spiro atoms. The Morgan fingerprint density at radius 3 is 2.47 bits per heavy atom. The second kappa shape index (κ2) is 5.15. The molecule has 0 amide bonds. The molecule has 0 bridgehead atoms. The fourth-order valence-electron chi connectivity index (χ4n) is 2.05. The summed E-state index contributed by atoms with van der Waals surface area (Å²) in [5, 5.41) is 1.67. The maximum absolute atomic E-state index is 12.6. The van der Waals surface area contributed by atoms with Gasteiger partial charge in [-0.2, -0.15) is 4.31 Å². The zero-order valence-corrected chi connectivity index (χ0v) is 11.9. The van der Waals surface area contributed by atoms with Gasteiger partial charge in [-0.05, 0) is 18.4 Å². The van der Waals surface area contributed by atoms with Gasteiger partial charge in [-0.25, -0.2) is 8.42 Å². The summed E-state index contributed by atoms with van der Waals surface area (Å²) in [6.45, 7) is 5.90. The molecule has 0 aliphatic carbocycles. The minimum absolute atomic E-state index is 0.325. The van der Waals surface area contributed by atoms with E-state index in [1.54, 1.807) is 19.2 Å². The number of fused-ring (bicyclic) bond motifs is 1. The van der Waals surface area contributed by atoms with Gasteiger partial charge in [0.1, 0.15) is 0 Å². The number of rotatable bonds is 4. The van der Waals surface area contributed by atoms with Crippen LogP contribution in [-0.2, 0) is 10.0 Å². The lowest BCUT2D eigenvalue weighted by molar-refractivity contribution is 0.494. The molecule has 0 radical (unpaired) electrons. The van der Waals surface area contributed by atoms with Gasteiger partial charge >= 0.3 is 0 Å². The van der Waals surface area contributed by atoms with Gasteiger partial charge < -0.3 is 0 Å². The molecule has 0 saturated heterocycles. The Hall–Kier alpha value is -1.65. The van der Waals surface area contributed by atoms with Crippen LogP contribution in [-0.4, -0.2) is 26.3 Å². The second-order valence-electron chi connectivity index (χ2n) is 4.70. The largest absolute Gasteiger partial charge is 0.243 e. The third kappa shape index (κ3) is 2.69. The molecule has 3 nitrogen and oxygen atoms in total. The van der Waals surface area contributed by atoms with Gasteiger partial charge in [0, 0.05) is 19.0 Å². The number of benzene rings is 2. The van der Waals surface area contributed by atoms with Gasteiger partial charge in [-0.15, -0.1) is 0 Å². The minimum Gasteiger partial charge on any atom is -0.207 e. The summed E-state index contributed by atoms with van der Waals surface area (Å²) in [6.07, 6.45) is 0. The Morgan fingerprint density at radius 1 is 1.16 bits per heavy atom. The molecule has 0 N–H and O–H groups in total. The molecule has 4 heteroatoms. The summed E-state index contributed by atoms with van der Waals surface area (Å²) < 4.78 is 26.5. The average Bonchev–Trinajstić information content (AvgIpc) is 2.37. The SMILES string of the molecule is C=C(C)CN(C)S(=O)(=O)c1cccc2ccccc12. The van der Waals surface area contributed by atoms with Crippen molar-refractivity contribution in [2.24, 2.45) is 0 Å². The van der Waals surface area contributed by atoms with Crippen molar-refractivity contribution in [1.29, 1.82) is 0 Å². The summed E-state index contributed by atoms with van der Waals surface area (Å²) >= 11 is 0. The fraction of sp³-hybridized carbons (Fsp3) is 0.200. The monoisotopic (exact) mass is 275 g/mol. The number of sulfonamides is 1. The third-order valence-electron chi connectivity index (χ3n) is 2.93. The van der Waals surface area contributed by atoms with Crippen molar-refractivity contribution in [3.05, 3.63) is 54.6 Å². The normalized spacial score (nSPS) is 11.9. The zero-order chi connectivity index (χ0) is 14.0. The van der Waals surface area contributed by atoms with E-state index in [9.17, 15) is 8.42 Å². The highest BCUT2D eigenvalue weighted by atomic mass is 32.2. The predicted molar refractivity (Wildman–Crippen MR) is 78.6 cm³/mol. The fourth-order valence-corrected chi connectivity index (χ4v) is 3.49. The first kappa shape index (κ1) is 13.8. The highest BCUT2D eigenvalue weighted by molar-refractivity contribution is 7.89. The van der Waals surface area contributed by atoms with Crippen LogP contribution in [0.1, 0.15) is 6.92 Å². The van der Waals surface area contributed by atoms with E-state index in [0.29, 0.717) is 11.4 Å². The van der Waals surface area contributed by atoms with Crippen LogP contribution in [0.15, 0.2) is 59.5 Å². The van der Waals surface area contributed by atoms with Crippen molar-refractivity contribution in [1.82, 2.24) is 4.31 Å². The maximum atomic E-state index is 12.6. The summed E-state index contributed by atoms with van der Waals surface area (Å²) in [7, 11) is -1.91. The van der Waals surface area contributed by atoms with Gasteiger partial charge in [0.05, 0.1) is 4.90 Å². The Morgan fingerprint density at radius 2 is 1.79 bits per heavy atom. The van der Waals surface area contributed by atoms with E-state index >= 15 is 0 Å². The van der Waals surface area contributed by atoms with Crippen LogP contribution in [0.5, 0.6) is 0 Å². The van der Waals surface area contributed by atoms with E-state index in [-0.39, 0.29) is 0 Å². The van der Waals surface area contributed by atoms with Crippen molar-refractivity contribution in [2.45, 2.75) is 11.8 Å². The average molecular weight is 275 g/mol. The molecule has 0 fully saturated rings. The molecule has 0 heterocycles. The van der Waals surface area contributed by atoms with Crippen LogP contribution in [0.3, 0.4) is 0 Å². The van der Waals surface area contributed by atoms with Crippen molar-refractivity contribution < 1.29 is 8.42 Å². The predicted octanol–water partition coefficient (Wildman–Crippen LogP) is 3.04. The third-order valence-corrected chi connectivity index (χ3v) is 4.79. The quantitative estimate of drug-likeness (QED) is 0.804.